The lowest BCUT2D eigenvalue weighted by Gasteiger charge is -2.06. The maximum Gasteiger partial charge on any atom is 0.264 e. The van der Waals surface area contributed by atoms with Gasteiger partial charge in [-0.05, 0) is 36.4 Å². The highest BCUT2D eigenvalue weighted by atomic mass is 19.3. The lowest BCUT2D eigenvalue weighted by Crippen LogP contribution is -1.90. The normalized spacial score (nSPS) is 11.3. The summed E-state index contributed by atoms with van der Waals surface area (Å²) in [6.07, 6.45) is -5.03. The van der Waals surface area contributed by atoms with Crippen LogP contribution in [0.2, 0.25) is 0 Å². The molecule has 0 saturated heterocycles. The average Bonchev–Trinajstić information content (AvgIpc) is 3.52. The van der Waals surface area contributed by atoms with E-state index in [2.05, 4.69) is 19.9 Å². The highest BCUT2D eigenvalue weighted by Gasteiger charge is 2.16. The van der Waals surface area contributed by atoms with Crippen molar-refractivity contribution in [3.05, 3.63) is 96.1 Å². The Morgan fingerprint density at radius 3 is 1.34 bits per heavy atom. The monoisotopic (exact) mass is 518 g/mol. The Kier molecular flexibility index (Phi) is 6.69. The predicted octanol–water partition coefficient (Wildman–Crippen LogP) is 7.50. The van der Waals surface area contributed by atoms with Gasteiger partial charge in [-0.3, -0.25) is 0 Å². The van der Waals surface area contributed by atoms with E-state index in [1.807, 2.05) is 12.1 Å². The first-order chi connectivity index (χ1) is 18.3. The van der Waals surface area contributed by atoms with Gasteiger partial charge in [0, 0.05) is 44.4 Å². The minimum absolute atomic E-state index is 0.00188. The number of alkyl halides is 4. The molecule has 4 heterocycles. The number of nitrogens with zero attached hydrogens (tertiary/aromatic N) is 2. The van der Waals surface area contributed by atoms with Crippen molar-refractivity contribution in [3.63, 3.8) is 0 Å². The van der Waals surface area contributed by atoms with Gasteiger partial charge in [0.25, 0.3) is 12.9 Å². The molecule has 0 saturated carbocycles. The molecule has 2 aromatic carbocycles. The fourth-order valence-corrected chi connectivity index (χ4v) is 4.20. The first-order valence-electron chi connectivity index (χ1n) is 11.6. The lowest BCUT2D eigenvalue weighted by atomic mass is 10.1. The van der Waals surface area contributed by atoms with Crippen molar-refractivity contribution in [3.8, 4) is 22.5 Å². The molecule has 6 aromatic rings. The van der Waals surface area contributed by atoms with Crippen molar-refractivity contribution < 1.29 is 17.6 Å². The number of H-pyrrole nitrogens is 2. The van der Waals surface area contributed by atoms with Crippen molar-refractivity contribution in [2.45, 2.75) is 12.9 Å². The van der Waals surface area contributed by atoms with Crippen LogP contribution in [0.1, 0.15) is 24.0 Å². The number of nitrogens with two attached hydrogens (primary N) is 2. The smallest absolute Gasteiger partial charge is 0.264 e. The third-order valence-corrected chi connectivity index (χ3v) is 5.97. The zero-order chi connectivity index (χ0) is 26.8. The summed E-state index contributed by atoms with van der Waals surface area (Å²) in [6.45, 7) is 0. The number of anilines is 2. The van der Waals surface area contributed by atoms with Crippen LogP contribution in [0.25, 0.3) is 44.6 Å². The van der Waals surface area contributed by atoms with Gasteiger partial charge in [-0.15, -0.1) is 0 Å². The van der Waals surface area contributed by atoms with Crippen molar-refractivity contribution in [1.82, 2.24) is 19.9 Å². The Morgan fingerprint density at radius 1 is 0.553 bits per heavy atom. The number of nitrogen functional groups attached to an aromatic ring is 2. The van der Waals surface area contributed by atoms with Crippen molar-refractivity contribution >= 4 is 33.7 Å². The highest BCUT2D eigenvalue weighted by Crippen LogP contribution is 2.33. The molecule has 0 aliphatic heterocycles. The topological polar surface area (TPSA) is 109 Å². The summed E-state index contributed by atoms with van der Waals surface area (Å²) >= 11 is 0. The SMILES string of the molecule is Nc1ccc2cc(-c3ccccc3C(F)F)[nH]c2n1.Nc1ccc2cc(-c3ccccc3C(F)F)[nH]c2n1. The number of hydrogen-bond donors (Lipinski definition) is 4. The predicted molar refractivity (Wildman–Crippen MR) is 142 cm³/mol. The molecule has 10 heteroatoms. The highest BCUT2D eigenvalue weighted by molar-refractivity contribution is 5.85. The third-order valence-electron chi connectivity index (χ3n) is 5.97. The first-order valence-corrected chi connectivity index (χ1v) is 11.6. The largest absolute Gasteiger partial charge is 0.384 e. The minimum Gasteiger partial charge on any atom is -0.384 e. The third kappa shape index (κ3) is 5.01. The van der Waals surface area contributed by atoms with E-state index in [0.717, 1.165) is 10.8 Å². The summed E-state index contributed by atoms with van der Waals surface area (Å²) in [4.78, 5) is 14.3. The molecule has 192 valence electrons. The standard InChI is InChI=1S/2C14H11F2N3/c2*15-13(16)10-4-2-1-3-9(10)11-7-8-5-6-12(17)19-14(8)18-11/h2*1-7,13H,(H3,17,18,19). The van der Waals surface area contributed by atoms with Crippen molar-refractivity contribution in [1.29, 1.82) is 0 Å². The van der Waals surface area contributed by atoms with Crippen LogP contribution in [0.15, 0.2) is 84.9 Å². The Morgan fingerprint density at radius 2 is 0.947 bits per heavy atom. The van der Waals surface area contributed by atoms with Gasteiger partial charge in [-0.25, -0.2) is 27.5 Å². The average molecular weight is 519 g/mol. The zero-order valence-electron chi connectivity index (χ0n) is 19.8. The molecule has 6 nitrogen and oxygen atoms in total. The Balaban J connectivity index is 0.000000155. The van der Waals surface area contributed by atoms with Crippen LogP contribution in [-0.2, 0) is 0 Å². The number of aromatic amines is 2. The molecule has 0 radical (unpaired) electrons. The molecule has 0 bridgehead atoms. The van der Waals surface area contributed by atoms with Gasteiger partial charge in [0.05, 0.1) is 0 Å². The number of pyridine rings is 2. The molecule has 0 spiro atoms. The fourth-order valence-electron chi connectivity index (χ4n) is 4.20. The number of halogens is 4. The number of aromatic nitrogens is 4. The van der Waals surface area contributed by atoms with Crippen LogP contribution in [0.4, 0.5) is 29.2 Å². The van der Waals surface area contributed by atoms with E-state index in [1.165, 1.54) is 12.1 Å². The molecule has 0 fully saturated rings. The Hall–Kier alpha value is -4.86. The molecular weight excluding hydrogens is 496 g/mol. The number of rotatable bonds is 4. The second-order valence-electron chi connectivity index (χ2n) is 8.49. The Labute approximate surface area is 214 Å². The maximum absolute atomic E-state index is 13.0. The van der Waals surface area contributed by atoms with Gasteiger partial charge in [-0.2, -0.15) is 0 Å². The molecule has 0 aliphatic rings. The first kappa shape index (κ1) is 24.8. The van der Waals surface area contributed by atoms with Crippen LogP contribution in [-0.4, -0.2) is 19.9 Å². The van der Waals surface area contributed by atoms with E-state index in [-0.39, 0.29) is 11.1 Å². The van der Waals surface area contributed by atoms with E-state index in [0.29, 0.717) is 45.4 Å². The summed E-state index contributed by atoms with van der Waals surface area (Å²) < 4.78 is 51.9. The number of benzene rings is 2. The summed E-state index contributed by atoms with van der Waals surface area (Å²) in [5.74, 6) is 0.783. The molecule has 0 amide bonds. The molecule has 0 atom stereocenters. The van der Waals surface area contributed by atoms with E-state index in [9.17, 15) is 17.6 Å². The van der Waals surface area contributed by atoms with Gasteiger partial charge in [0.15, 0.2) is 0 Å². The fraction of sp³-hybridized carbons (Fsp3) is 0.0714. The van der Waals surface area contributed by atoms with Gasteiger partial charge < -0.3 is 21.4 Å². The summed E-state index contributed by atoms with van der Waals surface area (Å²) in [7, 11) is 0. The van der Waals surface area contributed by atoms with E-state index in [4.69, 9.17) is 11.5 Å². The Bertz CT molecular complexity index is 1600. The summed E-state index contributed by atoms with van der Waals surface area (Å²) in [5.41, 5.74) is 14.6. The molecule has 4 aromatic heterocycles. The zero-order valence-corrected chi connectivity index (χ0v) is 19.8. The van der Waals surface area contributed by atoms with Crippen molar-refractivity contribution in [2.24, 2.45) is 0 Å². The molecule has 6 N–H and O–H groups in total. The van der Waals surface area contributed by atoms with Gasteiger partial charge >= 0.3 is 0 Å². The summed E-state index contributed by atoms with van der Waals surface area (Å²) in [5, 5.41) is 1.68. The second kappa shape index (κ2) is 10.3. The molecular formula is C28H22F4N6. The van der Waals surface area contributed by atoms with Crippen LogP contribution in [0.5, 0.6) is 0 Å². The molecule has 0 aliphatic carbocycles. The number of hydrogen-bond acceptors (Lipinski definition) is 4. The number of nitrogens with one attached hydrogen (secondary N) is 2. The minimum atomic E-state index is -2.51. The number of fused-ring (bicyclic) bond motifs is 2. The molecule has 6 rings (SSSR count). The van der Waals surface area contributed by atoms with Crippen LogP contribution >= 0.6 is 0 Å². The molecule has 38 heavy (non-hydrogen) atoms. The summed E-state index contributed by atoms with van der Waals surface area (Å²) in [6, 6.07) is 23.4. The van der Waals surface area contributed by atoms with Gasteiger partial charge in [-0.1, -0.05) is 48.5 Å². The van der Waals surface area contributed by atoms with E-state index in [1.54, 1.807) is 60.7 Å². The second-order valence-corrected chi connectivity index (χ2v) is 8.49. The van der Waals surface area contributed by atoms with Crippen LogP contribution in [0.3, 0.4) is 0 Å². The van der Waals surface area contributed by atoms with Gasteiger partial charge in [0.2, 0.25) is 0 Å². The molecule has 0 unspecified atom stereocenters. The quantitative estimate of drug-likeness (QED) is 0.181. The van der Waals surface area contributed by atoms with Crippen LogP contribution in [0, 0.1) is 0 Å². The van der Waals surface area contributed by atoms with E-state index >= 15 is 0 Å². The van der Waals surface area contributed by atoms with Gasteiger partial charge in [0.1, 0.15) is 22.9 Å². The lowest BCUT2D eigenvalue weighted by molar-refractivity contribution is 0.151. The van der Waals surface area contributed by atoms with Crippen molar-refractivity contribution in [2.75, 3.05) is 11.5 Å². The maximum atomic E-state index is 13.0. The van der Waals surface area contributed by atoms with Crippen LogP contribution < -0.4 is 11.5 Å². The van der Waals surface area contributed by atoms with E-state index < -0.39 is 12.9 Å².